The van der Waals surface area contributed by atoms with Crippen LogP contribution in [0.2, 0.25) is 0 Å². The van der Waals surface area contributed by atoms with E-state index in [1.54, 1.807) is 13.0 Å². The first kappa shape index (κ1) is 13.8. The van der Waals surface area contributed by atoms with Gasteiger partial charge >= 0.3 is 0 Å². The molecule has 0 saturated carbocycles. The van der Waals surface area contributed by atoms with Crippen molar-refractivity contribution in [1.82, 2.24) is 19.5 Å². The lowest BCUT2D eigenvalue weighted by atomic mass is 10.1. The fourth-order valence-electron chi connectivity index (χ4n) is 2.56. The predicted octanol–water partition coefficient (Wildman–Crippen LogP) is 1.68. The van der Waals surface area contributed by atoms with E-state index < -0.39 is 6.04 Å². The molecule has 1 aliphatic heterocycles. The maximum absolute atomic E-state index is 13.1. The molecule has 0 aromatic carbocycles. The van der Waals surface area contributed by atoms with Crippen LogP contribution in [-0.4, -0.2) is 44.5 Å². The van der Waals surface area contributed by atoms with Crippen LogP contribution < -0.4 is 5.32 Å². The summed E-state index contributed by atoms with van der Waals surface area (Å²) in [6, 6.07) is 2.48. The molecule has 1 fully saturated rings. The molecule has 21 heavy (non-hydrogen) atoms. The lowest BCUT2D eigenvalue weighted by molar-refractivity contribution is -0.132. The number of hydrogen-bond donors (Lipinski definition) is 1. The second-order valence-electron chi connectivity index (χ2n) is 5.34. The minimum Gasteiger partial charge on any atom is -0.341 e. The molecule has 1 saturated heterocycles. The Hall–Kier alpha value is -2.18. The molecule has 0 radical (unpaired) electrons. The Morgan fingerprint density at radius 3 is 2.86 bits per heavy atom. The number of likely N-dealkylation sites (tertiary alicyclic amines) is 1. The van der Waals surface area contributed by atoms with Gasteiger partial charge in [-0.1, -0.05) is 0 Å². The van der Waals surface area contributed by atoms with E-state index in [0.717, 1.165) is 25.9 Å². The number of nitrogens with zero attached hydrogens (tertiary/aromatic N) is 4. The smallest absolute Gasteiger partial charge is 0.244 e. The Kier molecular flexibility index (Phi) is 3.72. The van der Waals surface area contributed by atoms with Crippen molar-refractivity contribution in [2.24, 2.45) is 0 Å². The largest absolute Gasteiger partial charge is 0.341 e. The van der Waals surface area contributed by atoms with Crippen LogP contribution in [-0.2, 0) is 4.79 Å². The molecule has 1 N–H and O–H groups in total. The van der Waals surface area contributed by atoms with Crippen molar-refractivity contribution in [1.29, 1.82) is 0 Å². The highest BCUT2D eigenvalue weighted by Crippen LogP contribution is 2.12. The quantitative estimate of drug-likeness (QED) is 0.934. The summed E-state index contributed by atoms with van der Waals surface area (Å²) in [4.78, 5) is 18.4. The number of nitrogens with one attached hydrogen (secondary N) is 1. The van der Waals surface area contributed by atoms with Crippen LogP contribution in [0.25, 0.3) is 5.65 Å². The summed E-state index contributed by atoms with van der Waals surface area (Å²) in [5.41, 5.74) is 0.538. The van der Waals surface area contributed by atoms with Gasteiger partial charge in [0.15, 0.2) is 5.65 Å². The van der Waals surface area contributed by atoms with Crippen LogP contribution in [0.1, 0.15) is 26.2 Å². The topological polar surface area (TPSA) is 62.5 Å². The number of carbonyl (C=O) groups excluding carboxylic acids is 1. The van der Waals surface area contributed by atoms with Gasteiger partial charge in [0.1, 0.15) is 11.9 Å². The highest BCUT2D eigenvalue weighted by molar-refractivity contribution is 5.83. The van der Waals surface area contributed by atoms with E-state index in [1.165, 1.54) is 23.2 Å². The van der Waals surface area contributed by atoms with E-state index in [4.69, 9.17) is 0 Å². The normalized spacial score (nSPS) is 17.0. The number of fused-ring (bicyclic) bond motifs is 1. The van der Waals surface area contributed by atoms with Crippen molar-refractivity contribution in [3.63, 3.8) is 0 Å². The highest BCUT2D eigenvalue weighted by Gasteiger charge is 2.22. The zero-order valence-electron chi connectivity index (χ0n) is 11.9. The highest BCUT2D eigenvalue weighted by atomic mass is 19.1. The number of hydrogen-bond acceptors (Lipinski definition) is 4. The van der Waals surface area contributed by atoms with Crippen molar-refractivity contribution in [3.8, 4) is 0 Å². The Balaban J connectivity index is 1.70. The van der Waals surface area contributed by atoms with Gasteiger partial charge in [0, 0.05) is 13.1 Å². The first-order chi connectivity index (χ1) is 10.1. The molecule has 2 aromatic heterocycles. The van der Waals surface area contributed by atoms with Crippen LogP contribution in [0, 0.1) is 5.82 Å². The fraction of sp³-hybridized carbons (Fsp3) is 0.500. The van der Waals surface area contributed by atoms with Crippen molar-refractivity contribution >= 4 is 17.5 Å². The Morgan fingerprint density at radius 1 is 1.33 bits per heavy atom. The van der Waals surface area contributed by atoms with Gasteiger partial charge < -0.3 is 10.2 Å². The molecule has 7 heteroatoms. The van der Waals surface area contributed by atoms with E-state index in [0.29, 0.717) is 11.6 Å². The molecule has 1 amide bonds. The summed E-state index contributed by atoms with van der Waals surface area (Å²) in [7, 11) is 0. The van der Waals surface area contributed by atoms with Crippen LogP contribution in [0.3, 0.4) is 0 Å². The molecular weight excluding hydrogens is 273 g/mol. The minimum absolute atomic E-state index is 0.0553. The number of anilines is 1. The molecule has 1 atom stereocenters. The van der Waals surface area contributed by atoms with E-state index in [9.17, 15) is 9.18 Å². The van der Waals surface area contributed by atoms with Gasteiger partial charge in [-0.2, -0.15) is 4.98 Å². The number of piperidine rings is 1. The summed E-state index contributed by atoms with van der Waals surface area (Å²) in [6.07, 6.45) is 4.56. The number of amides is 1. The van der Waals surface area contributed by atoms with Crippen LogP contribution >= 0.6 is 0 Å². The first-order valence-electron chi connectivity index (χ1n) is 7.21. The maximum Gasteiger partial charge on any atom is 0.244 e. The van der Waals surface area contributed by atoms with Crippen molar-refractivity contribution in [2.75, 3.05) is 18.4 Å². The van der Waals surface area contributed by atoms with Crippen LogP contribution in [0.15, 0.2) is 18.3 Å². The number of pyridine rings is 1. The molecule has 0 aliphatic carbocycles. The lowest BCUT2D eigenvalue weighted by Crippen LogP contribution is -2.44. The summed E-state index contributed by atoms with van der Waals surface area (Å²) < 4.78 is 14.5. The fourth-order valence-corrected chi connectivity index (χ4v) is 2.56. The van der Waals surface area contributed by atoms with Crippen LogP contribution in [0.5, 0.6) is 0 Å². The Labute approximate surface area is 122 Å². The van der Waals surface area contributed by atoms with Gasteiger partial charge in [-0.3, -0.25) is 4.79 Å². The van der Waals surface area contributed by atoms with Crippen molar-refractivity contribution in [2.45, 2.75) is 32.2 Å². The molecule has 3 heterocycles. The molecule has 1 unspecified atom stereocenters. The van der Waals surface area contributed by atoms with Gasteiger partial charge in [0.2, 0.25) is 11.9 Å². The van der Waals surface area contributed by atoms with E-state index in [1.807, 2.05) is 4.90 Å². The first-order valence-corrected chi connectivity index (χ1v) is 7.21. The lowest BCUT2D eigenvalue weighted by Gasteiger charge is -2.29. The standard InChI is InChI=1S/C14H18FN5O/c1-10(13(21)19-7-3-2-4-8-19)16-14-17-12-6-5-11(15)9-20(12)18-14/h5-6,9-10H,2-4,7-8H2,1H3,(H,16,18). The zero-order chi connectivity index (χ0) is 14.8. The minimum atomic E-state index is -0.398. The van der Waals surface area contributed by atoms with Crippen LogP contribution in [0.4, 0.5) is 10.3 Å². The predicted molar refractivity (Wildman–Crippen MR) is 76.5 cm³/mol. The number of halogens is 1. The Bertz CT molecular complexity index is 650. The molecular formula is C14H18FN5O. The number of carbonyl (C=O) groups is 1. The molecule has 1 aliphatic rings. The summed E-state index contributed by atoms with van der Waals surface area (Å²) in [5.74, 6) is 0.00888. The monoisotopic (exact) mass is 291 g/mol. The van der Waals surface area contributed by atoms with Gasteiger partial charge in [-0.05, 0) is 38.3 Å². The molecule has 0 spiro atoms. The SMILES string of the molecule is CC(Nc1nc2ccc(F)cn2n1)C(=O)N1CCCCC1. The second kappa shape index (κ2) is 5.67. The third-order valence-electron chi connectivity index (χ3n) is 3.68. The molecule has 6 nitrogen and oxygen atoms in total. The number of aromatic nitrogens is 3. The van der Waals surface area contributed by atoms with Gasteiger partial charge in [0.05, 0.1) is 6.20 Å². The van der Waals surface area contributed by atoms with E-state index >= 15 is 0 Å². The second-order valence-corrected chi connectivity index (χ2v) is 5.34. The Morgan fingerprint density at radius 2 is 2.10 bits per heavy atom. The molecule has 0 bridgehead atoms. The average molecular weight is 291 g/mol. The third kappa shape index (κ3) is 2.96. The van der Waals surface area contributed by atoms with E-state index in [-0.39, 0.29) is 11.7 Å². The third-order valence-corrected chi connectivity index (χ3v) is 3.68. The van der Waals surface area contributed by atoms with E-state index in [2.05, 4.69) is 15.4 Å². The van der Waals surface area contributed by atoms with Crippen molar-refractivity contribution in [3.05, 3.63) is 24.1 Å². The van der Waals surface area contributed by atoms with Gasteiger partial charge in [-0.15, -0.1) is 5.10 Å². The van der Waals surface area contributed by atoms with Gasteiger partial charge in [-0.25, -0.2) is 8.91 Å². The number of rotatable bonds is 3. The maximum atomic E-state index is 13.1. The summed E-state index contributed by atoms with van der Waals surface area (Å²) in [5, 5.41) is 7.12. The molecule has 3 rings (SSSR count). The van der Waals surface area contributed by atoms with Crippen molar-refractivity contribution < 1.29 is 9.18 Å². The molecule has 2 aromatic rings. The zero-order valence-corrected chi connectivity index (χ0v) is 11.9. The average Bonchev–Trinajstić information content (AvgIpc) is 2.88. The summed E-state index contributed by atoms with van der Waals surface area (Å²) >= 11 is 0. The summed E-state index contributed by atoms with van der Waals surface area (Å²) in [6.45, 7) is 3.42. The van der Waals surface area contributed by atoms with Gasteiger partial charge in [0.25, 0.3) is 0 Å². The molecule has 112 valence electrons.